The highest BCUT2D eigenvalue weighted by molar-refractivity contribution is 5.94. The van der Waals surface area contributed by atoms with Gasteiger partial charge in [0, 0.05) is 31.0 Å². The maximum absolute atomic E-state index is 12.2. The number of nitrogens with one attached hydrogen (secondary N) is 1. The lowest BCUT2D eigenvalue weighted by Gasteiger charge is -2.23. The van der Waals surface area contributed by atoms with Crippen LogP contribution in [0.4, 0.5) is 11.4 Å². The van der Waals surface area contributed by atoms with Gasteiger partial charge in [0.1, 0.15) is 0 Å². The third kappa shape index (κ3) is 3.77. The average Bonchev–Trinajstić information content (AvgIpc) is 2.95. The monoisotopic (exact) mass is 293 g/mol. The highest BCUT2D eigenvalue weighted by Gasteiger charge is 2.29. The van der Waals surface area contributed by atoms with Gasteiger partial charge in [-0.05, 0) is 37.9 Å². The highest BCUT2D eigenvalue weighted by Crippen LogP contribution is 2.20. The Morgan fingerprint density at radius 1 is 1.52 bits per heavy atom. The predicted molar refractivity (Wildman–Crippen MR) is 78.0 cm³/mol. The first-order valence-corrected chi connectivity index (χ1v) is 6.91. The number of anilines is 1. The molecule has 21 heavy (non-hydrogen) atoms. The van der Waals surface area contributed by atoms with Crippen LogP contribution in [-0.2, 0) is 4.79 Å². The van der Waals surface area contributed by atoms with E-state index in [-0.39, 0.29) is 30.2 Å². The Bertz CT molecular complexity index is 517. The summed E-state index contributed by atoms with van der Waals surface area (Å²) in [5.74, 6) is 0.0852. The summed E-state index contributed by atoms with van der Waals surface area (Å²) in [5.41, 5.74) is 0.529. The van der Waals surface area contributed by atoms with Gasteiger partial charge < -0.3 is 10.4 Å². The Kier molecular flexibility index (Phi) is 4.87. The zero-order chi connectivity index (χ0) is 15.4. The van der Waals surface area contributed by atoms with Gasteiger partial charge in [0.2, 0.25) is 5.91 Å². The molecule has 0 aromatic heterocycles. The molecule has 2 N–H and O–H groups in total. The van der Waals surface area contributed by atoms with Gasteiger partial charge in [0.15, 0.2) is 0 Å². The van der Waals surface area contributed by atoms with Gasteiger partial charge in [-0.2, -0.15) is 0 Å². The molecule has 2 atom stereocenters. The molecule has 0 radical (unpaired) electrons. The summed E-state index contributed by atoms with van der Waals surface area (Å²) in [6, 6.07) is 5.46. The van der Waals surface area contributed by atoms with Crippen molar-refractivity contribution in [3.63, 3.8) is 0 Å². The fourth-order valence-corrected chi connectivity index (χ4v) is 2.44. The van der Waals surface area contributed by atoms with Crippen molar-refractivity contribution in [2.75, 3.05) is 25.0 Å². The number of hydrogen-bond acceptors (Lipinski definition) is 5. The van der Waals surface area contributed by atoms with Crippen molar-refractivity contribution in [3.8, 4) is 0 Å². The third-order valence-corrected chi connectivity index (χ3v) is 3.85. The molecule has 1 aromatic carbocycles. The van der Waals surface area contributed by atoms with Gasteiger partial charge >= 0.3 is 0 Å². The molecule has 1 heterocycles. The first kappa shape index (κ1) is 15.4. The summed E-state index contributed by atoms with van der Waals surface area (Å²) in [4.78, 5) is 24.3. The van der Waals surface area contributed by atoms with Crippen molar-refractivity contribution in [1.82, 2.24) is 4.90 Å². The zero-order valence-corrected chi connectivity index (χ0v) is 11.9. The smallest absolute Gasteiger partial charge is 0.269 e. The third-order valence-electron chi connectivity index (χ3n) is 3.85. The Morgan fingerprint density at radius 3 is 2.71 bits per heavy atom. The lowest BCUT2D eigenvalue weighted by Crippen LogP contribution is -2.40. The van der Waals surface area contributed by atoms with E-state index in [1.165, 1.54) is 24.3 Å². The van der Waals surface area contributed by atoms with E-state index in [1.807, 2.05) is 11.8 Å². The topological polar surface area (TPSA) is 95.7 Å². The summed E-state index contributed by atoms with van der Waals surface area (Å²) >= 11 is 0. The number of aliphatic hydroxyl groups is 1. The van der Waals surface area contributed by atoms with Gasteiger partial charge in [-0.25, -0.2) is 0 Å². The molecule has 1 amide bonds. The second-order valence-corrected chi connectivity index (χ2v) is 5.30. The van der Waals surface area contributed by atoms with Crippen molar-refractivity contribution in [3.05, 3.63) is 34.4 Å². The summed E-state index contributed by atoms with van der Waals surface area (Å²) in [7, 11) is 0. The molecular weight excluding hydrogens is 274 g/mol. The molecule has 0 saturated carbocycles. The number of aliphatic hydroxyl groups excluding tert-OH is 1. The first-order chi connectivity index (χ1) is 10.0. The zero-order valence-electron chi connectivity index (χ0n) is 11.9. The number of hydrogen-bond donors (Lipinski definition) is 2. The molecular formula is C14H19N3O4. The lowest BCUT2D eigenvalue weighted by atomic mass is 10.1. The molecule has 0 bridgehead atoms. The largest absolute Gasteiger partial charge is 0.396 e. The van der Waals surface area contributed by atoms with Gasteiger partial charge in [0.05, 0.1) is 11.0 Å². The minimum atomic E-state index is -0.479. The standard InChI is InChI=1S/C14H19N3O4/c1-10(16-7-6-11(8-16)9-18)14(19)15-12-2-4-13(5-3-12)17(20)21/h2-5,10-11,18H,6-9H2,1H3,(H,15,19). The maximum atomic E-state index is 12.2. The van der Waals surface area contributed by atoms with E-state index in [0.717, 1.165) is 13.0 Å². The maximum Gasteiger partial charge on any atom is 0.269 e. The molecule has 0 aliphatic carbocycles. The van der Waals surface area contributed by atoms with Gasteiger partial charge in [-0.1, -0.05) is 0 Å². The molecule has 7 heteroatoms. The summed E-state index contributed by atoms with van der Waals surface area (Å²) in [6.45, 7) is 3.47. The van der Waals surface area contributed by atoms with E-state index in [1.54, 1.807) is 0 Å². The van der Waals surface area contributed by atoms with Crippen LogP contribution in [0.2, 0.25) is 0 Å². The van der Waals surface area contributed by atoms with E-state index in [9.17, 15) is 14.9 Å². The number of amides is 1. The van der Waals surface area contributed by atoms with E-state index in [4.69, 9.17) is 5.11 Å². The van der Waals surface area contributed by atoms with Crippen LogP contribution in [0.3, 0.4) is 0 Å². The van der Waals surface area contributed by atoms with Crippen LogP contribution in [0.5, 0.6) is 0 Å². The van der Waals surface area contributed by atoms with Gasteiger partial charge in [-0.3, -0.25) is 19.8 Å². The van der Waals surface area contributed by atoms with Gasteiger partial charge in [-0.15, -0.1) is 0 Å². The number of carbonyl (C=O) groups excluding carboxylic acids is 1. The molecule has 2 unspecified atom stereocenters. The van der Waals surface area contributed by atoms with Crippen LogP contribution in [0, 0.1) is 16.0 Å². The van der Waals surface area contributed by atoms with Crippen molar-refractivity contribution < 1.29 is 14.8 Å². The molecule has 7 nitrogen and oxygen atoms in total. The van der Waals surface area contributed by atoms with Crippen molar-refractivity contribution in [1.29, 1.82) is 0 Å². The number of non-ortho nitro benzene ring substituents is 1. The minimum Gasteiger partial charge on any atom is -0.396 e. The molecule has 1 aliphatic heterocycles. The lowest BCUT2D eigenvalue weighted by molar-refractivity contribution is -0.384. The van der Waals surface area contributed by atoms with Crippen LogP contribution in [0.1, 0.15) is 13.3 Å². The predicted octanol–water partition coefficient (Wildman–Crippen LogP) is 1.24. The van der Waals surface area contributed by atoms with Gasteiger partial charge in [0.25, 0.3) is 5.69 Å². The summed E-state index contributed by atoms with van der Waals surface area (Å²) < 4.78 is 0. The Balaban J connectivity index is 1.93. The van der Waals surface area contributed by atoms with Crippen molar-refractivity contribution >= 4 is 17.3 Å². The first-order valence-electron chi connectivity index (χ1n) is 6.91. The molecule has 0 spiro atoms. The Morgan fingerprint density at radius 2 is 2.19 bits per heavy atom. The summed E-state index contributed by atoms with van der Waals surface area (Å²) in [5, 5.41) is 22.4. The number of nitro benzene ring substituents is 1. The Labute approximate surface area is 122 Å². The Hall–Kier alpha value is -1.99. The number of carbonyl (C=O) groups is 1. The second kappa shape index (κ2) is 6.64. The van der Waals surface area contributed by atoms with E-state index in [0.29, 0.717) is 12.2 Å². The molecule has 2 rings (SSSR count). The normalized spacial score (nSPS) is 20.2. The van der Waals surface area contributed by atoms with Crippen molar-refractivity contribution in [2.45, 2.75) is 19.4 Å². The van der Waals surface area contributed by atoms with Crippen molar-refractivity contribution in [2.24, 2.45) is 5.92 Å². The highest BCUT2D eigenvalue weighted by atomic mass is 16.6. The molecule has 1 fully saturated rings. The minimum absolute atomic E-state index is 0.00798. The van der Waals surface area contributed by atoms with Crippen LogP contribution in [0.25, 0.3) is 0 Å². The number of rotatable bonds is 5. The fourth-order valence-electron chi connectivity index (χ4n) is 2.44. The molecule has 114 valence electrons. The van der Waals surface area contributed by atoms with Crippen LogP contribution in [-0.4, -0.2) is 46.6 Å². The van der Waals surface area contributed by atoms with E-state index in [2.05, 4.69) is 5.32 Å². The molecule has 1 aliphatic rings. The van der Waals surface area contributed by atoms with Crippen LogP contribution < -0.4 is 5.32 Å². The SMILES string of the molecule is CC(C(=O)Nc1ccc([N+](=O)[O-])cc1)N1CCC(CO)C1. The summed E-state index contributed by atoms with van der Waals surface area (Å²) in [6.07, 6.45) is 0.894. The number of nitrogens with zero attached hydrogens (tertiary/aromatic N) is 2. The quantitative estimate of drug-likeness (QED) is 0.629. The fraction of sp³-hybridized carbons (Fsp3) is 0.500. The van der Waals surface area contributed by atoms with Crippen LogP contribution >= 0.6 is 0 Å². The average molecular weight is 293 g/mol. The van der Waals surface area contributed by atoms with E-state index >= 15 is 0 Å². The van der Waals surface area contributed by atoms with Crippen LogP contribution in [0.15, 0.2) is 24.3 Å². The number of nitro groups is 1. The molecule has 1 aromatic rings. The van der Waals surface area contributed by atoms with E-state index < -0.39 is 4.92 Å². The molecule has 1 saturated heterocycles. The number of benzene rings is 1. The second-order valence-electron chi connectivity index (χ2n) is 5.30. The number of likely N-dealkylation sites (tertiary alicyclic amines) is 1.